The summed E-state index contributed by atoms with van der Waals surface area (Å²) in [5.74, 6) is -0.151. The zero-order chi connectivity index (χ0) is 16.7. The van der Waals surface area contributed by atoms with Gasteiger partial charge in [-0.25, -0.2) is 4.98 Å². The van der Waals surface area contributed by atoms with E-state index >= 15 is 0 Å². The third-order valence-electron chi connectivity index (χ3n) is 3.27. The van der Waals surface area contributed by atoms with Gasteiger partial charge in [0.25, 0.3) is 5.91 Å². The molecule has 0 aliphatic carbocycles. The van der Waals surface area contributed by atoms with Gasteiger partial charge in [0.2, 0.25) is 0 Å². The highest BCUT2D eigenvalue weighted by atomic mass is 35.5. The van der Waals surface area contributed by atoms with Crippen LogP contribution in [-0.2, 0) is 0 Å². The molecule has 2 N–H and O–H groups in total. The molecule has 0 atom stereocenters. The standard InChI is InChI=1S/C17H19Cl2N3O/c1-2-3-4-9-20-17(23)16-8-6-13(11-21-16)22-12-5-7-14(18)15(19)10-12/h5-8,10-11,22H,2-4,9H2,1H3,(H,20,23). The van der Waals surface area contributed by atoms with E-state index in [1.807, 2.05) is 6.07 Å². The average Bonchev–Trinajstić information content (AvgIpc) is 2.55. The molecule has 0 spiro atoms. The van der Waals surface area contributed by atoms with Gasteiger partial charge in [0, 0.05) is 12.2 Å². The van der Waals surface area contributed by atoms with Crippen molar-refractivity contribution < 1.29 is 4.79 Å². The van der Waals surface area contributed by atoms with Gasteiger partial charge < -0.3 is 10.6 Å². The number of benzene rings is 1. The molecule has 0 aliphatic rings. The molecule has 0 aliphatic heterocycles. The zero-order valence-corrected chi connectivity index (χ0v) is 14.4. The first-order valence-electron chi connectivity index (χ1n) is 7.56. The topological polar surface area (TPSA) is 54.0 Å². The maximum Gasteiger partial charge on any atom is 0.269 e. The predicted octanol–water partition coefficient (Wildman–Crippen LogP) is 5.05. The van der Waals surface area contributed by atoms with Crippen LogP contribution in [0.1, 0.15) is 36.7 Å². The van der Waals surface area contributed by atoms with Gasteiger partial charge in [-0.15, -0.1) is 0 Å². The molecule has 1 heterocycles. The third-order valence-corrected chi connectivity index (χ3v) is 4.01. The van der Waals surface area contributed by atoms with E-state index in [1.165, 1.54) is 0 Å². The number of anilines is 2. The molecule has 4 nitrogen and oxygen atoms in total. The first-order chi connectivity index (χ1) is 11.1. The van der Waals surface area contributed by atoms with E-state index in [-0.39, 0.29) is 5.91 Å². The number of pyridine rings is 1. The Morgan fingerprint density at radius 3 is 2.52 bits per heavy atom. The fraction of sp³-hybridized carbons (Fsp3) is 0.294. The first kappa shape index (κ1) is 17.6. The fourth-order valence-corrected chi connectivity index (χ4v) is 2.31. The lowest BCUT2D eigenvalue weighted by atomic mass is 10.2. The molecule has 0 radical (unpaired) electrons. The Bertz CT molecular complexity index is 659. The van der Waals surface area contributed by atoms with Crippen LogP contribution in [0.15, 0.2) is 36.5 Å². The molecule has 122 valence electrons. The Kier molecular flexibility index (Phi) is 6.68. The van der Waals surface area contributed by atoms with Crippen LogP contribution in [0.2, 0.25) is 10.0 Å². The number of nitrogens with one attached hydrogen (secondary N) is 2. The smallest absolute Gasteiger partial charge is 0.269 e. The Labute approximate surface area is 146 Å². The van der Waals surface area contributed by atoms with Crippen LogP contribution < -0.4 is 10.6 Å². The summed E-state index contributed by atoms with van der Waals surface area (Å²) in [6, 6.07) is 8.77. The minimum atomic E-state index is -0.151. The molecule has 2 aromatic rings. The normalized spacial score (nSPS) is 10.4. The van der Waals surface area contributed by atoms with Crippen LogP contribution in [0, 0.1) is 0 Å². The second-order valence-corrected chi connectivity index (χ2v) is 5.96. The summed E-state index contributed by atoms with van der Waals surface area (Å²) in [5.41, 5.74) is 1.98. The molecular formula is C17H19Cl2N3O. The number of aromatic nitrogens is 1. The van der Waals surface area contributed by atoms with Crippen molar-refractivity contribution in [3.05, 3.63) is 52.3 Å². The molecule has 23 heavy (non-hydrogen) atoms. The molecular weight excluding hydrogens is 333 g/mol. The monoisotopic (exact) mass is 351 g/mol. The van der Waals surface area contributed by atoms with Gasteiger partial charge in [-0.05, 0) is 36.8 Å². The Hall–Kier alpha value is -1.78. The van der Waals surface area contributed by atoms with Gasteiger partial charge in [-0.1, -0.05) is 43.0 Å². The molecule has 0 fully saturated rings. The summed E-state index contributed by atoms with van der Waals surface area (Å²) in [5, 5.41) is 7.01. The quantitative estimate of drug-likeness (QED) is 0.686. The van der Waals surface area contributed by atoms with Crippen LogP contribution in [0.5, 0.6) is 0 Å². The number of halogens is 2. The van der Waals surface area contributed by atoms with Crippen molar-refractivity contribution in [3.63, 3.8) is 0 Å². The number of unbranched alkanes of at least 4 members (excludes halogenated alkanes) is 2. The molecule has 6 heteroatoms. The minimum absolute atomic E-state index is 0.151. The number of hydrogen-bond donors (Lipinski definition) is 2. The molecule has 0 saturated heterocycles. The Balaban J connectivity index is 1.93. The maximum atomic E-state index is 11.9. The lowest BCUT2D eigenvalue weighted by Crippen LogP contribution is -2.25. The number of carbonyl (C=O) groups is 1. The molecule has 1 amide bonds. The molecule has 0 saturated carbocycles. The summed E-state index contributed by atoms with van der Waals surface area (Å²) >= 11 is 11.9. The summed E-state index contributed by atoms with van der Waals surface area (Å²) in [7, 11) is 0. The van der Waals surface area contributed by atoms with Crippen LogP contribution in [0.25, 0.3) is 0 Å². The molecule has 0 bridgehead atoms. The van der Waals surface area contributed by atoms with Crippen molar-refractivity contribution in [1.82, 2.24) is 10.3 Å². The van der Waals surface area contributed by atoms with E-state index in [9.17, 15) is 4.79 Å². The second kappa shape index (κ2) is 8.75. The van der Waals surface area contributed by atoms with Gasteiger partial charge in [0.05, 0.1) is 21.9 Å². The van der Waals surface area contributed by atoms with E-state index in [2.05, 4.69) is 22.5 Å². The first-order valence-corrected chi connectivity index (χ1v) is 8.32. The summed E-state index contributed by atoms with van der Waals surface area (Å²) in [4.78, 5) is 16.1. The van der Waals surface area contributed by atoms with E-state index in [0.717, 1.165) is 30.6 Å². The van der Waals surface area contributed by atoms with Crippen molar-refractivity contribution in [1.29, 1.82) is 0 Å². The summed E-state index contributed by atoms with van der Waals surface area (Å²) < 4.78 is 0. The summed E-state index contributed by atoms with van der Waals surface area (Å²) in [6.07, 6.45) is 4.84. The Morgan fingerprint density at radius 1 is 1.09 bits per heavy atom. The molecule has 2 rings (SSSR count). The highest BCUT2D eigenvalue weighted by molar-refractivity contribution is 6.42. The van der Waals surface area contributed by atoms with Crippen LogP contribution in [0.3, 0.4) is 0 Å². The van der Waals surface area contributed by atoms with Crippen molar-refractivity contribution in [2.45, 2.75) is 26.2 Å². The molecule has 1 aromatic heterocycles. The second-order valence-electron chi connectivity index (χ2n) is 5.15. The molecule has 1 aromatic carbocycles. The average molecular weight is 352 g/mol. The predicted molar refractivity (Wildman–Crippen MR) is 95.8 cm³/mol. The summed E-state index contributed by atoms with van der Waals surface area (Å²) in [6.45, 7) is 2.81. The van der Waals surface area contributed by atoms with Crippen molar-refractivity contribution >= 4 is 40.5 Å². The number of carbonyl (C=O) groups excluding carboxylic acids is 1. The largest absolute Gasteiger partial charge is 0.354 e. The van der Waals surface area contributed by atoms with Crippen molar-refractivity contribution in [2.75, 3.05) is 11.9 Å². The maximum absolute atomic E-state index is 11.9. The van der Waals surface area contributed by atoms with E-state index in [4.69, 9.17) is 23.2 Å². The Morgan fingerprint density at radius 2 is 1.87 bits per heavy atom. The van der Waals surface area contributed by atoms with E-state index < -0.39 is 0 Å². The van der Waals surface area contributed by atoms with Crippen molar-refractivity contribution in [3.8, 4) is 0 Å². The number of amides is 1. The lowest BCUT2D eigenvalue weighted by molar-refractivity contribution is 0.0948. The van der Waals surface area contributed by atoms with Gasteiger partial charge in [0.1, 0.15) is 5.69 Å². The van der Waals surface area contributed by atoms with Crippen LogP contribution in [0.4, 0.5) is 11.4 Å². The van der Waals surface area contributed by atoms with Gasteiger partial charge in [-0.3, -0.25) is 4.79 Å². The SMILES string of the molecule is CCCCCNC(=O)c1ccc(Nc2ccc(Cl)c(Cl)c2)cn1. The van der Waals surface area contributed by atoms with Gasteiger partial charge >= 0.3 is 0 Å². The number of rotatable bonds is 7. The number of nitrogens with zero attached hydrogens (tertiary/aromatic N) is 1. The van der Waals surface area contributed by atoms with E-state index in [0.29, 0.717) is 22.3 Å². The fourth-order valence-electron chi connectivity index (χ4n) is 2.01. The highest BCUT2D eigenvalue weighted by Gasteiger charge is 2.06. The lowest BCUT2D eigenvalue weighted by Gasteiger charge is -2.08. The third kappa shape index (κ3) is 5.41. The van der Waals surface area contributed by atoms with Crippen LogP contribution >= 0.6 is 23.2 Å². The highest BCUT2D eigenvalue weighted by Crippen LogP contribution is 2.26. The number of hydrogen-bond acceptors (Lipinski definition) is 3. The molecule has 0 unspecified atom stereocenters. The van der Waals surface area contributed by atoms with E-state index in [1.54, 1.807) is 30.5 Å². The van der Waals surface area contributed by atoms with Crippen LogP contribution in [-0.4, -0.2) is 17.4 Å². The van der Waals surface area contributed by atoms with Gasteiger partial charge in [-0.2, -0.15) is 0 Å². The zero-order valence-electron chi connectivity index (χ0n) is 12.9. The van der Waals surface area contributed by atoms with Crippen molar-refractivity contribution in [2.24, 2.45) is 0 Å². The van der Waals surface area contributed by atoms with Gasteiger partial charge in [0.15, 0.2) is 0 Å². The minimum Gasteiger partial charge on any atom is -0.354 e.